The molecule has 0 atom stereocenters. The van der Waals surface area contributed by atoms with E-state index >= 15 is 0 Å². The molecule has 0 aliphatic rings. The number of hydrogen-bond acceptors (Lipinski definition) is 4. The maximum atomic E-state index is 8.85. The number of nitrogens with zero attached hydrogens (tertiary/aromatic N) is 2. The van der Waals surface area contributed by atoms with Crippen LogP contribution in [0.5, 0.6) is 11.5 Å². The first-order chi connectivity index (χ1) is 31.9. The fraction of sp³-hybridized carbons (Fsp3) is 0.0784. The Labute approximate surface area is 352 Å². The van der Waals surface area contributed by atoms with Crippen molar-refractivity contribution >= 4 is 56.2 Å². The summed E-state index contributed by atoms with van der Waals surface area (Å²) in [7, 11) is 0. The van der Waals surface area contributed by atoms with Crippen molar-refractivity contribution in [3.63, 3.8) is 0 Å². The Morgan fingerprint density at radius 2 is 1.23 bits per heavy atom. The summed E-state index contributed by atoms with van der Waals surface area (Å²) < 4.78 is 94.3. The van der Waals surface area contributed by atoms with E-state index in [1.807, 2.05) is 85.1 Å². The van der Waals surface area contributed by atoms with E-state index in [1.165, 1.54) is 0 Å². The van der Waals surface area contributed by atoms with Crippen LogP contribution < -0.4 is 15.4 Å². The van der Waals surface area contributed by atoms with Crippen LogP contribution in [0.3, 0.4) is 0 Å². The maximum Gasteiger partial charge on any atom is 0.137 e. The highest BCUT2D eigenvalue weighted by Gasteiger charge is 2.19. The first-order valence-corrected chi connectivity index (χ1v) is 18.7. The summed E-state index contributed by atoms with van der Waals surface area (Å²) in [5, 5.41) is 9.45. The number of nitrogens with one attached hydrogen (secondary N) is 2. The predicted molar refractivity (Wildman–Crippen MR) is 239 cm³/mol. The average molecular weight is 771 g/mol. The molecule has 2 N–H and O–H groups in total. The normalized spacial score (nSPS) is 14.0. The van der Waals surface area contributed by atoms with Crippen molar-refractivity contribution in [3.05, 3.63) is 192 Å². The lowest BCUT2D eigenvalue weighted by molar-refractivity contribution is 0.483. The number of halogens is 1. The summed E-state index contributed by atoms with van der Waals surface area (Å²) in [5.41, 5.74) is 4.69. The third kappa shape index (κ3) is 7.33. The van der Waals surface area contributed by atoms with E-state index in [2.05, 4.69) is 42.0 Å². The average Bonchev–Trinajstić information content (AvgIpc) is 3.62. The minimum absolute atomic E-state index is 0.103. The first-order valence-electron chi connectivity index (χ1n) is 23.3. The molecule has 7 aromatic carbocycles. The molecule has 0 radical (unpaired) electrons. The Morgan fingerprint density at radius 1 is 0.614 bits per heavy atom. The number of benzene rings is 7. The second-order valence-corrected chi connectivity index (χ2v) is 14.9. The predicted octanol–water partition coefficient (Wildman–Crippen LogP) is 14.7. The quantitative estimate of drug-likeness (QED) is 0.153. The van der Waals surface area contributed by atoms with Crippen molar-refractivity contribution in [1.82, 2.24) is 9.55 Å². The summed E-state index contributed by atoms with van der Waals surface area (Å²) in [6.45, 7) is 6.49. The van der Waals surface area contributed by atoms with Crippen LogP contribution in [-0.2, 0) is 5.41 Å². The third-order valence-electron chi connectivity index (χ3n) is 9.68. The second kappa shape index (κ2) is 15.0. The van der Waals surface area contributed by atoms with Crippen LogP contribution in [0.2, 0.25) is 5.02 Å². The summed E-state index contributed by atoms with van der Waals surface area (Å²) in [6, 6.07) is 29.9. The summed E-state index contributed by atoms with van der Waals surface area (Å²) >= 11 is 6.56. The van der Waals surface area contributed by atoms with Gasteiger partial charge in [-0.15, -0.1) is 0 Å². The van der Waals surface area contributed by atoms with Crippen LogP contribution in [-0.4, -0.2) is 9.55 Å². The zero-order valence-corrected chi connectivity index (χ0v) is 32.0. The summed E-state index contributed by atoms with van der Waals surface area (Å²) in [6.07, 6.45) is 1.82. The molecule has 2 heterocycles. The monoisotopic (exact) mass is 770 g/mol. The molecule has 9 aromatic rings. The van der Waals surface area contributed by atoms with Gasteiger partial charge in [0.25, 0.3) is 0 Å². The fourth-order valence-corrected chi connectivity index (χ4v) is 7.09. The van der Waals surface area contributed by atoms with Crippen molar-refractivity contribution in [2.45, 2.75) is 26.2 Å². The van der Waals surface area contributed by atoms with Crippen LogP contribution in [0.4, 0.5) is 22.7 Å². The molecular weight excluding hydrogens is 720 g/mol. The van der Waals surface area contributed by atoms with Gasteiger partial charge in [-0.1, -0.05) is 135 Å². The van der Waals surface area contributed by atoms with E-state index in [1.54, 1.807) is 30.3 Å². The van der Waals surface area contributed by atoms with E-state index in [0.717, 1.165) is 33.2 Å². The van der Waals surface area contributed by atoms with Gasteiger partial charge in [0.2, 0.25) is 0 Å². The molecule has 6 heteroatoms. The number of aromatic nitrogens is 2. The molecule has 0 spiro atoms. The summed E-state index contributed by atoms with van der Waals surface area (Å²) in [5.74, 6) is 1.86. The molecule has 0 saturated heterocycles. The molecule has 9 rings (SSSR count). The topological polar surface area (TPSA) is 51.1 Å². The van der Waals surface area contributed by atoms with E-state index in [4.69, 9.17) is 35.0 Å². The van der Waals surface area contributed by atoms with Gasteiger partial charge >= 0.3 is 0 Å². The van der Waals surface area contributed by atoms with Gasteiger partial charge in [-0.25, -0.2) is 4.98 Å². The van der Waals surface area contributed by atoms with E-state index in [9.17, 15) is 0 Å². The van der Waals surface area contributed by atoms with Gasteiger partial charge in [0.1, 0.15) is 17.3 Å². The molecule has 0 aliphatic heterocycles. The Balaban J connectivity index is 1.10. The van der Waals surface area contributed by atoms with Crippen molar-refractivity contribution in [3.8, 4) is 39.6 Å². The Bertz CT molecular complexity index is 3330. The van der Waals surface area contributed by atoms with Crippen LogP contribution in [0.1, 0.15) is 40.0 Å². The number of ether oxygens (including phenoxy) is 1. The minimum Gasteiger partial charge on any atom is -0.457 e. The highest BCUT2D eigenvalue weighted by atomic mass is 35.5. The molecule has 5 nitrogen and oxygen atoms in total. The zero-order valence-electron chi connectivity index (χ0n) is 41.2. The number of rotatable bonds is 9. The standard InChI is InChI=1S/C51H41ClN4O/c1-51(2,3)36-28-29-53-49(30-36)56-47-31-37(52)24-26-43(47)44-27-25-40(33-48(44)56)57-39-19-12-18-38(32-39)54-45-22-10-11-23-46(45)55-50-41(34-14-6-4-7-15-34)20-13-21-42(50)35-16-8-5-9-17-35/h4-33,54-55H,1-3H3/i4D,5D,6D,7D,8D,9D,14D,15D,16D,17D. The molecule has 0 fully saturated rings. The molecule has 0 saturated carbocycles. The van der Waals surface area contributed by atoms with Gasteiger partial charge in [0.15, 0.2) is 0 Å². The molecule has 0 unspecified atom stereocenters. The highest BCUT2D eigenvalue weighted by molar-refractivity contribution is 6.31. The lowest BCUT2D eigenvalue weighted by Crippen LogP contribution is -2.12. The van der Waals surface area contributed by atoms with Crippen molar-refractivity contribution in [2.75, 3.05) is 10.6 Å². The van der Waals surface area contributed by atoms with Gasteiger partial charge in [-0.05, 0) is 82.8 Å². The lowest BCUT2D eigenvalue weighted by atomic mass is 9.88. The Kier molecular flexibility index (Phi) is 6.88. The largest absolute Gasteiger partial charge is 0.457 e. The zero-order chi connectivity index (χ0) is 47.6. The van der Waals surface area contributed by atoms with Gasteiger partial charge in [0.05, 0.1) is 41.8 Å². The molecule has 0 amide bonds. The molecule has 278 valence electrons. The Hall–Kier alpha value is -6.82. The maximum absolute atomic E-state index is 8.85. The van der Waals surface area contributed by atoms with E-state index in [-0.39, 0.29) is 33.4 Å². The van der Waals surface area contributed by atoms with E-state index in [0.29, 0.717) is 33.6 Å². The molecule has 0 aliphatic carbocycles. The SMILES string of the molecule is [2H]c1c([2H])c([2H])c(-c2cccc(-c3c([2H])c([2H])c([2H])c([2H])c3[2H])c2Nc2ccccc2Nc2cccc(Oc3ccc4c5ccc(Cl)cc5n(-c5cc(C(C)(C)C)ccn5)c4c3)c2)c([2H])c1[2H]. The Morgan fingerprint density at radius 3 is 1.91 bits per heavy atom. The van der Waals surface area contributed by atoms with E-state index < -0.39 is 60.4 Å². The number of pyridine rings is 1. The molecular formula is C51H41ClN4O. The van der Waals surface area contributed by atoms with Crippen LogP contribution in [0, 0.1) is 0 Å². The smallest absolute Gasteiger partial charge is 0.137 e. The number of para-hydroxylation sites is 3. The minimum atomic E-state index is -0.566. The number of anilines is 4. The molecule has 2 aromatic heterocycles. The van der Waals surface area contributed by atoms with Gasteiger partial charge < -0.3 is 15.4 Å². The molecule has 0 bridgehead atoms. The third-order valence-corrected chi connectivity index (χ3v) is 9.92. The van der Waals surface area contributed by atoms with Crippen LogP contribution >= 0.6 is 11.6 Å². The van der Waals surface area contributed by atoms with Crippen molar-refractivity contribution in [2.24, 2.45) is 0 Å². The molecule has 57 heavy (non-hydrogen) atoms. The summed E-state index contributed by atoms with van der Waals surface area (Å²) in [4.78, 5) is 4.79. The highest BCUT2D eigenvalue weighted by Crippen LogP contribution is 2.41. The lowest BCUT2D eigenvalue weighted by Gasteiger charge is -2.20. The first kappa shape index (κ1) is 26.1. The van der Waals surface area contributed by atoms with Gasteiger partial charge in [-0.3, -0.25) is 4.57 Å². The van der Waals surface area contributed by atoms with Crippen LogP contribution in [0.25, 0.3) is 49.9 Å². The number of fused-ring (bicyclic) bond motifs is 3. The second-order valence-electron chi connectivity index (χ2n) is 14.5. The van der Waals surface area contributed by atoms with Gasteiger partial charge in [0, 0.05) is 50.9 Å². The van der Waals surface area contributed by atoms with Crippen LogP contribution in [0.15, 0.2) is 182 Å². The number of hydrogen-bond donors (Lipinski definition) is 2. The van der Waals surface area contributed by atoms with Crippen molar-refractivity contribution < 1.29 is 18.4 Å². The van der Waals surface area contributed by atoms with Crippen molar-refractivity contribution in [1.29, 1.82) is 0 Å². The fourth-order valence-electron chi connectivity index (χ4n) is 6.93. The van der Waals surface area contributed by atoms with Gasteiger partial charge in [-0.2, -0.15) is 0 Å².